The first kappa shape index (κ1) is 22.0. The van der Waals surface area contributed by atoms with E-state index < -0.39 is 0 Å². The van der Waals surface area contributed by atoms with E-state index in [0.29, 0.717) is 47.0 Å². The number of carbonyl (C=O) groups is 2. The molecule has 0 fully saturated rings. The Balaban J connectivity index is 2.02. The lowest BCUT2D eigenvalue weighted by molar-refractivity contribution is 0.0971. The van der Waals surface area contributed by atoms with Crippen LogP contribution >= 0.6 is 0 Å². The number of benzene rings is 2. The first-order valence-corrected chi connectivity index (χ1v) is 10.4. The van der Waals surface area contributed by atoms with Crippen molar-refractivity contribution in [2.45, 2.75) is 26.7 Å². The van der Waals surface area contributed by atoms with Crippen LogP contribution < -0.4 is 20.1 Å². The number of rotatable bonds is 10. The molecule has 0 bridgehead atoms. The minimum Gasteiger partial charge on any atom is -0.493 e. The normalized spacial score (nSPS) is 12.5. The van der Waals surface area contributed by atoms with Crippen molar-refractivity contribution in [1.29, 1.82) is 0 Å². The maximum absolute atomic E-state index is 13.6. The Hall–Kier alpha value is -2.70. The van der Waals surface area contributed by atoms with E-state index in [1.807, 2.05) is 40.1 Å². The molecule has 2 N–H and O–H groups in total. The fraction of sp³-hybridized carbons (Fsp3) is 0.417. The van der Waals surface area contributed by atoms with Crippen molar-refractivity contribution < 1.29 is 19.1 Å². The van der Waals surface area contributed by atoms with Crippen molar-refractivity contribution in [2.75, 3.05) is 40.4 Å². The molecule has 30 heavy (non-hydrogen) atoms. The van der Waals surface area contributed by atoms with E-state index in [1.54, 1.807) is 12.1 Å². The van der Waals surface area contributed by atoms with Crippen LogP contribution in [0.3, 0.4) is 0 Å². The summed E-state index contributed by atoms with van der Waals surface area (Å²) in [5.74, 6) is 0.584. The second-order valence-electron chi connectivity index (χ2n) is 7.53. The molecular weight excluding hydrogens is 380 g/mol. The minimum absolute atomic E-state index is 0.176. The van der Waals surface area contributed by atoms with Gasteiger partial charge in [-0.2, -0.15) is 0 Å². The number of ether oxygens (including phenoxy) is 2. The Kier molecular flexibility index (Phi) is 7.24. The largest absolute Gasteiger partial charge is 0.493 e. The monoisotopic (exact) mass is 410 g/mol. The Morgan fingerprint density at radius 2 is 1.07 bits per heavy atom. The van der Waals surface area contributed by atoms with Crippen LogP contribution in [0.2, 0.25) is 0 Å². The van der Waals surface area contributed by atoms with Gasteiger partial charge in [0.2, 0.25) is 0 Å². The van der Waals surface area contributed by atoms with E-state index in [9.17, 15) is 9.59 Å². The number of hydrogen-bond acceptors (Lipinski definition) is 6. The molecule has 0 atom stereocenters. The standard InChI is InChI=1S/C24H30N2O4/c1-15-7-9-17(29-13-5-11-25-3)21-19(15)23(27)22-18(30-14-6-12-26-4)10-8-16(2)20(22)24(21)28/h7-10,25-26H,5-6,11-14H2,1-4H3. The molecule has 2 aromatic rings. The zero-order valence-electron chi connectivity index (χ0n) is 18.2. The highest BCUT2D eigenvalue weighted by Crippen LogP contribution is 2.40. The molecule has 1 aliphatic rings. The maximum Gasteiger partial charge on any atom is 0.198 e. The summed E-state index contributed by atoms with van der Waals surface area (Å²) in [6.07, 6.45) is 1.61. The first-order valence-electron chi connectivity index (χ1n) is 10.4. The van der Waals surface area contributed by atoms with Gasteiger partial charge >= 0.3 is 0 Å². The summed E-state index contributed by atoms with van der Waals surface area (Å²) >= 11 is 0. The lowest BCUT2D eigenvalue weighted by Gasteiger charge is -2.25. The molecule has 0 aliphatic heterocycles. The Morgan fingerprint density at radius 1 is 0.667 bits per heavy atom. The van der Waals surface area contributed by atoms with E-state index in [4.69, 9.17) is 9.47 Å². The zero-order chi connectivity index (χ0) is 21.7. The third kappa shape index (κ3) is 4.25. The quantitative estimate of drug-likeness (QED) is 0.501. The first-order chi connectivity index (χ1) is 14.5. The number of ketones is 2. The van der Waals surface area contributed by atoms with E-state index in [2.05, 4.69) is 10.6 Å². The van der Waals surface area contributed by atoms with Crippen LogP contribution in [0.1, 0.15) is 55.8 Å². The van der Waals surface area contributed by atoms with Gasteiger partial charge in [0.15, 0.2) is 11.6 Å². The Labute approximate surface area is 178 Å². The van der Waals surface area contributed by atoms with Gasteiger partial charge in [-0.05, 0) is 77.1 Å². The predicted octanol–water partition coefficient (Wildman–Crippen LogP) is 3.06. The van der Waals surface area contributed by atoms with Gasteiger partial charge in [-0.3, -0.25) is 9.59 Å². The SMILES string of the molecule is CNCCCOc1ccc(C)c2c1C(=O)c1c(C)ccc(OCCCNC)c1C2=O. The minimum atomic E-state index is -0.176. The molecule has 0 saturated heterocycles. The number of nitrogens with one attached hydrogen (secondary N) is 2. The molecule has 0 unspecified atom stereocenters. The summed E-state index contributed by atoms with van der Waals surface area (Å²) in [6.45, 7) is 6.27. The van der Waals surface area contributed by atoms with Crippen molar-refractivity contribution in [3.05, 3.63) is 57.6 Å². The molecule has 2 aromatic carbocycles. The molecule has 0 spiro atoms. The van der Waals surface area contributed by atoms with Gasteiger partial charge in [0.25, 0.3) is 0 Å². The van der Waals surface area contributed by atoms with Crippen LogP contribution in [0.5, 0.6) is 11.5 Å². The number of fused-ring (bicyclic) bond motifs is 2. The van der Waals surface area contributed by atoms with Gasteiger partial charge in [-0.25, -0.2) is 0 Å². The fourth-order valence-electron chi connectivity index (χ4n) is 3.76. The second-order valence-corrected chi connectivity index (χ2v) is 7.53. The van der Waals surface area contributed by atoms with Gasteiger partial charge in [0.1, 0.15) is 11.5 Å². The van der Waals surface area contributed by atoms with Gasteiger partial charge in [0.05, 0.1) is 24.3 Å². The van der Waals surface area contributed by atoms with Crippen LogP contribution in [-0.4, -0.2) is 52.0 Å². The van der Waals surface area contributed by atoms with Crippen LogP contribution in [-0.2, 0) is 0 Å². The molecular formula is C24H30N2O4. The zero-order valence-corrected chi connectivity index (χ0v) is 18.2. The average Bonchev–Trinajstić information content (AvgIpc) is 2.74. The van der Waals surface area contributed by atoms with E-state index in [-0.39, 0.29) is 11.6 Å². The highest BCUT2D eigenvalue weighted by atomic mass is 16.5. The van der Waals surface area contributed by atoms with Crippen molar-refractivity contribution >= 4 is 11.6 Å². The Morgan fingerprint density at radius 3 is 1.43 bits per heavy atom. The molecule has 0 aromatic heterocycles. The average molecular weight is 411 g/mol. The molecule has 6 heteroatoms. The van der Waals surface area contributed by atoms with Crippen LogP contribution in [0.4, 0.5) is 0 Å². The van der Waals surface area contributed by atoms with Gasteiger partial charge in [-0.15, -0.1) is 0 Å². The predicted molar refractivity (Wildman–Crippen MR) is 117 cm³/mol. The van der Waals surface area contributed by atoms with E-state index >= 15 is 0 Å². The molecule has 3 rings (SSSR count). The number of hydrogen-bond donors (Lipinski definition) is 2. The van der Waals surface area contributed by atoms with Crippen molar-refractivity contribution in [3.8, 4) is 11.5 Å². The van der Waals surface area contributed by atoms with Gasteiger partial charge in [0, 0.05) is 11.1 Å². The smallest absolute Gasteiger partial charge is 0.198 e. The summed E-state index contributed by atoms with van der Waals surface area (Å²) < 4.78 is 11.8. The summed E-state index contributed by atoms with van der Waals surface area (Å²) in [5, 5.41) is 6.15. The van der Waals surface area contributed by atoms with Crippen molar-refractivity contribution in [2.24, 2.45) is 0 Å². The van der Waals surface area contributed by atoms with Crippen LogP contribution in [0.15, 0.2) is 24.3 Å². The topological polar surface area (TPSA) is 76.7 Å². The lowest BCUT2D eigenvalue weighted by atomic mass is 9.79. The van der Waals surface area contributed by atoms with Crippen LogP contribution in [0, 0.1) is 13.8 Å². The van der Waals surface area contributed by atoms with Crippen LogP contribution in [0.25, 0.3) is 0 Å². The molecule has 6 nitrogen and oxygen atoms in total. The van der Waals surface area contributed by atoms with Gasteiger partial charge < -0.3 is 20.1 Å². The highest BCUT2D eigenvalue weighted by Gasteiger charge is 2.37. The van der Waals surface area contributed by atoms with E-state index in [0.717, 1.165) is 37.1 Å². The number of carbonyl (C=O) groups excluding carboxylic acids is 2. The molecule has 0 saturated carbocycles. The third-order valence-electron chi connectivity index (χ3n) is 5.32. The summed E-state index contributed by atoms with van der Waals surface area (Å²) in [4.78, 5) is 27.1. The number of aryl methyl sites for hydroxylation is 2. The summed E-state index contributed by atoms with van der Waals surface area (Å²) in [7, 11) is 3.77. The maximum atomic E-state index is 13.6. The highest BCUT2D eigenvalue weighted by molar-refractivity contribution is 6.31. The second kappa shape index (κ2) is 9.87. The third-order valence-corrected chi connectivity index (χ3v) is 5.32. The summed E-state index contributed by atoms with van der Waals surface area (Å²) in [6, 6.07) is 7.26. The molecule has 0 amide bonds. The van der Waals surface area contributed by atoms with Crippen molar-refractivity contribution in [1.82, 2.24) is 10.6 Å². The van der Waals surface area contributed by atoms with Crippen molar-refractivity contribution in [3.63, 3.8) is 0 Å². The van der Waals surface area contributed by atoms with E-state index in [1.165, 1.54) is 0 Å². The molecule has 0 heterocycles. The Bertz CT molecular complexity index is 875. The molecule has 1 aliphatic carbocycles. The molecule has 160 valence electrons. The molecule has 0 radical (unpaired) electrons. The summed E-state index contributed by atoms with van der Waals surface area (Å²) in [5.41, 5.74) is 3.10. The fourth-order valence-corrected chi connectivity index (χ4v) is 3.76. The van der Waals surface area contributed by atoms with Gasteiger partial charge in [-0.1, -0.05) is 12.1 Å². The lowest BCUT2D eigenvalue weighted by Crippen LogP contribution is -2.25.